The molecule has 0 aliphatic heterocycles. The zero-order chi connectivity index (χ0) is 14.8. The number of aromatic nitrogens is 4. The maximum Gasteiger partial charge on any atom is 0.160 e. The fourth-order valence-corrected chi connectivity index (χ4v) is 3.24. The normalized spacial score (nSPS) is 12.4. The summed E-state index contributed by atoms with van der Waals surface area (Å²) >= 11 is 1.72. The van der Waals surface area contributed by atoms with Gasteiger partial charge in [-0.1, -0.05) is 36.4 Å². The lowest BCUT2D eigenvalue weighted by Crippen LogP contribution is -2.12. The van der Waals surface area contributed by atoms with E-state index in [9.17, 15) is 0 Å². The van der Waals surface area contributed by atoms with Crippen LogP contribution in [0.1, 0.15) is 16.5 Å². The number of anilines is 1. The number of hydrogen-bond donors (Lipinski definition) is 2. The molecule has 0 aliphatic rings. The van der Waals surface area contributed by atoms with Gasteiger partial charge in [0.2, 0.25) is 0 Å². The monoisotopic (exact) mass is 307 g/mol. The number of thiophene rings is 1. The third kappa shape index (κ3) is 2.33. The summed E-state index contributed by atoms with van der Waals surface area (Å²) in [5.74, 6) is 0.779. The van der Waals surface area contributed by atoms with Crippen molar-refractivity contribution in [3.05, 3.63) is 70.8 Å². The van der Waals surface area contributed by atoms with Crippen molar-refractivity contribution in [2.75, 3.05) is 5.32 Å². The molecule has 0 spiro atoms. The lowest BCUT2D eigenvalue weighted by Gasteiger charge is -2.18. The highest BCUT2D eigenvalue weighted by Gasteiger charge is 2.17. The van der Waals surface area contributed by atoms with Crippen LogP contribution in [0.5, 0.6) is 0 Å². The van der Waals surface area contributed by atoms with E-state index in [1.165, 1.54) is 10.4 Å². The number of benzene rings is 1. The summed E-state index contributed by atoms with van der Waals surface area (Å²) in [7, 11) is 0. The maximum absolute atomic E-state index is 4.38. The van der Waals surface area contributed by atoms with Gasteiger partial charge in [0.05, 0.1) is 17.6 Å². The summed E-state index contributed by atoms with van der Waals surface area (Å²) in [5, 5.41) is 13.4. The molecule has 6 heteroatoms. The van der Waals surface area contributed by atoms with Gasteiger partial charge in [-0.2, -0.15) is 5.10 Å². The Morgan fingerprint density at radius 3 is 2.77 bits per heavy atom. The molecule has 0 bridgehead atoms. The van der Waals surface area contributed by atoms with Crippen molar-refractivity contribution in [3.8, 4) is 0 Å². The summed E-state index contributed by atoms with van der Waals surface area (Å²) in [6.07, 6.45) is 3.29. The van der Waals surface area contributed by atoms with Crippen LogP contribution in [0, 0.1) is 0 Å². The third-order valence-corrected chi connectivity index (χ3v) is 4.43. The predicted octanol–water partition coefficient (Wildman–Crippen LogP) is 3.62. The van der Waals surface area contributed by atoms with Crippen LogP contribution < -0.4 is 5.32 Å². The minimum atomic E-state index is 0.0502. The van der Waals surface area contributed by atoms with Gasteiger partial charge in [0.25, 0.3) is 0 Å². The van der Waals surface area contributed by atoms with Crippen LogP contribution >= 0.6 is 11.3 Å². The van der Waals surface area contributed by atoms with Crippen molar-refractivity contribution in [1.82, 2.24) is 20.2 Å². The molecule has 5 nitrogen and oxygen atoms in total. The average Bonchev–Trinajstić information content (AvgIpc) is 3.25. The van der Waals surface area contributed by atoms with Gasteiger partial charge in [0, 0.05) is 4.88 Å². The number of H-pyrrole nitrogens is 1. The molecule has 22 heavy (non-hydrogen) atoms. The van der Waals surface area contributed by atoms with Gasteiger partial charge in [0.1, 0.15) is 12.1 Å². The van der Waals surface area contributed by atoms with Crippen LogP contribution in [-0.4, -0.2) is 20.2 Å². The summed E-state index contributed by atoms with van der Waals surface area (Å²) in [6, 6.07) is 14.6. The van der Waals surface area contributed by atoms with Crippen LogP contribution in [0.15, 0.2) is 60.4 Å². The van der Waals surface area contributed by atoms with Gasteiger partial charge in [-0.25, -0.2) is 9.97 Å². The molecule has 1 aromatic carbocycles. The van der Waals surface area contributed by atoms with Crippen LogP contribution in [-0.2, 0) is 0 Å². The highest BCUT2D eigenvalue weighted by Crippen LogP contribution is 2.30. The number of nitrogens with zero attached hydrogens (tertiary/aromatic N) is 3. The van der Waals surface area contributed by atoms with E-state index < -0.39 is 0 Å². The molecule has 0 saturated carbocycles. The molecule has 2 N–H and O–H groups in total. The molecule has 4 rings (SSSR count). The number of aromatic amines is 1. The van der Waals surface area contributed by atoms with Crippen molar-refractivity contribution < 1.29 is 0 Å². The van der Waals surface area contributed by atoms with E-state index in [0.29, 0.717) is 0 Å². The van der Waals surface area contributed by atoms with Crippen molar-refractivity contribution in [3.63, 3.8) is 0 Å². The molecule has 0 aliphatic carbocycles. The van der Waals surface area contributed by atoms with E-state index in [0.717, 1.165) is 16.9 Å². The van der Waals surface area contributed by atoms with Gasteiger partial charge >= 0.3 is 0 Å². The van der Waals surface area contributed by atoms with Gasteiger partial charge in [-0.05, 0) is 17.0 Å². The Hall–Kier alpha value is -2.73. The van der Waals surface area contributed by atoms with E-state index in [-0.39, 0.29) is 6.04 Å². The number of hydrogen-bond acceptors (Lipinski definition) is 5. The fraction of sp³-hybridized carbons (Fsp3) is 0.0625. The van der Waals surface area contributed by atoms with Crippen molar-refractivity contribution >= 4 is 28.2 Å². The Labute approximate surface area is 131 Å². The van der Waals surface area contributed by atoms with Crippen molar-refractivity contribution in [1.29, 1.82) is 0 Å². The first-order valence-electron chi connectivity index (χ1n) is 6.91. The Morgan fingerprint density at radius 2 is 1.95 bits per heavy atom. The number of fused-ring (bicyclic) bond motifs is 1. The second-order valence-electron chi connectivity index (χ2n) is 4.86. The Balaban J connectivity index is 1.77. The van der Waals surface area contributed by atoms with Gasteiger partial charge in [0.15, 0.2) is 5.65 Å². The minimum absolute atomic E-state index is 0.0502. The number of rotatable bonds is 4. The molecule has 4 aromatic rings. The second-order valence-corrected chi connectivity index (χ2v) is 5.84. The van der Waals surface area contributed by atoms with E-state index in [1.54, 1.807) is 23.9 Å². The van der Waals surface area contributed by atoms with Crippen LogP contribution in [0.2, 0.25) is 0 Å². The fourth-order valence-electron chi connectivity index (χ4n) is 2.44. The Morgan fingerprint density at radius 1 is 1.05 bits per heavy atom. The minimum Gasteiger partial charge on any atom is -0.358 e. The molecule has 108 valence electrons. The molecule has 0 fully saturated rings. The third-order valence-electron chi connectivity index (χ3n) is 3.49. The van der Waals surface area contributed by atoms with Gasteiger partial charge in [-0.15, -0.1) is 11.3 Å². The first kappa shape index (κ1) is 13.0. The summed E-state index contributed by atoms with van der Waals surface area (Å²) < 4.78 is 0. The molecular formula is C16H13N5S. The zero-order valence-electron chi connectivity index (χ0n) is 11.6. The quantitative estimate of drug-likeness (QED) is 0.604. The van der Waals surface area contributed by atoms with Crippen molar-refractivity contribution in [2.45, 2.75) is 6.04 Å². The standard InChI is InChI=1S/C16H13N5S/c1-2-5-11(6-3-1)14(13-7-4-8-22-13)20-15-12-9-19-21-16(12)18-10-17-15/h1-10,14H,(H2,17,18,19,20,21). The molecular weight excluding hydrogens is 294 g/mol. The summed E-state index contributed by atoms with van der Waals surface area (Å²) in [5.41, 5.74) is 1.93. The predicted molar refractivity (Wildman–Crippen MR) is 87.9 cm³/mol. The van der Waals surface area contributed by atoms with Crippen LogP contribution in [0.25, 0.3) is 11.0 Å². The maximum atomic E-state index is 4.38. The van der Waals surface area contributed by atoms with Crippen molar-refractivity contribution in [2.24, 2.45) is 0 Å². The van der Waals surface area contributed by atoms with E-state index >= 15 is 0 Å². The molecule has 3 aromatic heterocycles. The Bertz CT molecular complexity index is 870. The summed E-state index contributed by atoms with van der Waals surface area (Å²) in [4.78, 5) is 9.79. The SMILES string of the molecule is c1ccc(C(Nc2ncnc3[nH]ncc23)c2cccs2)cc1. The van der Waals surface area contributed by atoms with Crippen LogP contribution in [0.3, 0.4) is 0 Å². The Kier molecular flexibility index (Phi) is 3.29. The summed E-state index contributed by atoms with van der Waals surface area (Å²) in [6.45, 7) is 0. The smallest absolute Gasteiger partial charge is 0.160 e. The molecule has 1 atom stereocenters. The molecule has 1 unspecified atom stereocenters. The second kappa shape index (κ2) is 5.57. The van der Waals surface area contributed by atoms with Crippen LogP contribution in [0.4, 0.5) is 5.82 Å². The molecule has 0 radical (unpaired) electrons. The van der Waals surface area contributed by atoms with Gasteiger partial charge in [-0.3, -0.25) is 5.10 Å². The lowest BCUT2D eigenvalue weighted by atomic mass is 10.1. The topological polar surface area (TPSA) is 66.5 Å². The first-order valence-corrected chi connectivity index (χ1v) is 7.79. The van der Waals surface area contributed by atoms with E-state index in [4.69, 9.17) is 0 Å². The number of nitrogens with one attached hydrogen (secondary N) is 2. The average molecular weight is 307 g/mol. The molecule has 0 amide bonds. The molecule has 3 heterocycles. The zero-order valence-corrected chi connectivity index (χ0v) is 12.4. The molecule has 0 saturated heterocycles. The highest BCUT2D eigenvalue weighted by atomic mass is 32.1. The largest absolute Gasteiger partial charge is 0.358 e. The first-order chi connectivity index (χ1) is 10.9. The highest BCUT2D eigenvalue weighted by molar-refractivity contribution is 7.10. The van der Waals surface area contributed by atoms with E-state index in [2.05, 4.69) is 55.1 Å². The van der Waals surface area contributed by atoms with Gasteiger partial charge < -0.3 is 5.32 Å². The lowest BCUT2D eigenvalue weighted by molar-refractivity contribution is 0.950. The van der Waals surface area contributed by atoms with E-state index in [1.807, 2.05) is 18.2 Å².